The van der Waals surface area contributed by atoms with E-state index >= 15 is 4.79 Å². The zero-order valence-corrected chi connectivity index (χ0v) is 29.2. The molecule has 0 radical (unpaired) electrons. The lowest BCUT2D eigenvalue weighted by Gasteiger charge is -2.40. The van der Waals surface area contributed by atoms with Crippen LogP contribution in [-0.4, -0.2) is 59.0 Å². The van der Waals surface area contributed by atoms with Gasteiger partial charge in [-0.25, -0.2) is 9.78 Å². The number of H-pyrrole nitrogens is 1. The highest BCUT2D eigenvalue weighted by molar-refractivity contribution is 5.95. The van der Waals surface area contributed by atoms with Gasteiger partial charge in [-0.3, -0.25) is 30.0 Å². The molecule has 1 aliphatic rings. The van der Waals surface area contributed by atoms with Crippen molar-refractivity contribution in [3.05, 3.63) is 91.8 Å². The number of ketones is 1. The Hall–Kier alpha value is -4.72. The van der Waals surface area contributed by atoms with Crippen LogP contribution in [0.1, 0.15) is 107 Å². The van der Waals surface area contributed by atoms with Crippen LogP contribution in [0.3, 0.4) is 0 Å². The van der Waals surface area contributed by atoms with Crippen molar-refractivity contribution >= 4 is 23.3 Å². The molecule has 0 saturated heterocycles. The van der Waals surface area contributed by atoms with Crippen LogP contribution in [0.25, 0.3) is 0 Å². The molecule has 1 aromatic carbocycles. The van der Waals surface area contributed by atoms with Gasteiger partial charge >= 0.3 is 6.09 Å². The average Bonchev–Trinajstić information content (AvgIpc) is 3.59. The summed E-state index contributed by atoms with van der Waals surface area (Å²) < 4.78 is 5.49. The second kappa shape index (κ2) is 16.8. The van der Waals surface area contributed by atoms with Crippen molar-refractivity contribution in [1.82, 2.24) is 20.3 Å². The third kappa shape index (κ3) is 10.2. The number of aryl methyl sites for hydroxylation is 2. The monoisotopic (exact) mass is 692 g/mol. The van der Waals surface area contributed by atoms with Crippen molar-refractivity contribution in [3.63, 3.8) is 0 Å². The Balaban J connectivity index is 1.85. The summed E-state index contributed by atoms with van der Waals surface area (Å²) in [5.74, 6) is -1.82. The Morgan fingerprint density at radius 1 is 1.10 bits per heavy atom. The van der Waals surface area contributed by atoms with Crippen LogP contribution in [0.4, 0.5) is 16.2 Å². The minimum Gasteiger partial charge on any atom is -0.444 e. The molecular weight excluding hydrogens is 644 g/mol. The number of aliphatic hydroxyl groups is 1. The number of aromatic amines is 1. The number of alkyl carbamates (subject to hydrolysis) is 1. The molecule has 50 heavy (non-hydrogen) atoms. The number of nitro benzene ring substituents is 2. The SMILES string of the molecule is CCc1cc(CCC[C@@](O)(C(=O)C(Cc2cnc[nH]2)NC(=O)OC(C)(C)C)C(CC2CCCCC2)c2ccc([N+](=O)[O-])cc2[N+](=O)[O-])ccn1. The van der Waals surface area contributed by atoms with Gasteiger partial charge in [0.15, 0.2) is 5.78 Å². The highest BCUT2D eigenvalue weighted by Crippen LogP contribution is 2.46. The molecule has 2 unspecified atom stereocenters. The van der Waals surface area contributed by atoms with E-state index in [0.29, 0.717) is 18.5 Å². The molecule has 3 atom stereocenters. The van der Waals surface area contributed by atoms with Crippen LogP contribution in [0.2, 0.25) is 0 Å². The summed E-state index contributed by atoms with van der Waals surface area (Å²) in [6.45, 7) is 7.05. The van der Waals surface area contributed by atoms with E-state index in [1.165, 1.54) is 24.7 Å². The van der Waals surface area contributed by atoms with E-state index in [2.05, 4.69) is 20.3 Å². The van der Waals surface area contributed by atoms with Crippen molar-refractivity contribution in [3.8, 4) is 0 Å². The van der Waals surface area contributed by atoms with Crippen molar-refractivity contribution < 1.29 is 29.3 Å². The fourth-order valence-electron chi connectivity index (χ4n) is 6.92. The van der Waals surface area contributed by atoms with Crippen molar-refractivity contribution in [2.75, 3.05) is 0 Å². The van der Waals surface area contributed by atoms with E-state index in [-0.39, 0.29) is 30.7 Å². The number of amides is 1. The molecule has 2 aromatic heterocycles. The molecule has 14 heteroatoms. The first kappa shape index (κ1) is 38.1. The largest absolute Gasteiger partial charge is 0.444 e. The van der Waals surface area contributed by atoms with E-state index in [0.717, 1.165) is 55.8 Å². The standard InChI is InChI=1S/C36H48N6O8/c1-5-26-18-25(15-17-38-26)12-9-16-36(45,33(43)31(20-27-22-37-23-39-27)40-34(44)50-35(2,3)4)30(19-24-10-7-6-8-11-24)29-14-13-28(41(46)47)21-32(29)42(48)49/h13-15,17-18,21-24,30-31,45H,5-12,16,19-20H2,1-4H3,(H,37,39)(H,40,44)/t30?,31?,36-/m0/s1. The number of aromatic nitrogens is 3. The number of rotatable bonds is 16. The Kier molecular flexibility index (Phi) is 12.8. The minimum absolute atomic E-state index is 0.0387. The van der Waals surface area contributed by atoms with Gasteiger partial charge in [-0.15, -0.1) is 0 Å². The Bertz CT molecular complexity index is 1630. The average molecular weight is 693 g/mol. The van der Waals surface area contributed by atoms with E-state index in [1.54, 1.807) is 27.0 Å². The first-order valence-corrected chi connectivity index (χ1v) is 17.3. The third-order valence-corrected chi connectivity index (χ3v) is 9.35. The molecule has 14 nitrogen and oxygen atoms in total. The van der Waals surface area contributed by atoms with Crippen LogP contribution in [0.5, 0.6) is 0 Å². The van der Waals surface area contributed by atoms with Gasteiger partial charge in [-0.1, -0.05) is 39.0 Å². The van der Waals surface area contributed by atoms with E-state index in [9.17, 15) is 30.1 Å². The summed E-state index contributed by atoms with van der Waals surface area (Å²) in [5, 5.41) is 39.8. The summed E-state index contributed by atoms with van der Waals surface area (Å²) in [5.41, 5.74) is -1.74. The molecule has 1 amide bonds. The normalized spacial score (nSPS) is 16.2. The number of carbonyl (C=O) groups is 2. The van der Waals surface area contributed by atoms with Crippen LogP contribution in [0.15, 0.2) is 49.1 Å². The molecule has 4 rings (SSSR count). The fraction of sp³-hybridized carbons (Fsp3) is 0.556. The maximum Gasteiger partial charge on any atom is 0.408 e. The molecule has 270 valence electrons. The maximum absolute atomic E-state index is 15.0. The van der Waals surface area contributed by atoms with Crippen LogP contribution >= 0.6 is 0 Å². The number of imidazole rings is 1. The summed E-state index contributed by atoms with van der Waals surface area (Å²) in [7, 11) is 0. The summed E-state index contributed by atoms with van der Waals surface area (Å²) in [6.07, 6.45) is 9.93. The number of nitrogens with one attached hydrogen (secondary N) is 2. The Labute approximate surface area is 291 Å². The number of nitro groups is 2. The Morgan fingerprint density at radius 2 is 1.84 bits per heavy atom. The highest BCUT2D eigenvalue weighted by Gasteiger charge is 2.50. The number of nitrogens with zero attached hydrogens (tertiary/aromatic N) is 4. The van der Waals surface area contributed by atoms with Gasteiger partial charge in [0.25, 0.3) is 11.4 Å². The molecule has 1 aliphatic carbocycles. The van der Waals surface area contributed by atoms with Gasteiger partial charge in [-0.2, -0.15) is 0 Å². The number of carbonyl (C=O) groups excluding carboxylic acids is 2. The van der Waals surface area contributed by atoms with Gasteiger partial charge in [-0.05, 0) is 82.6 Å². The zero-order chi connectivity index (χ0) is 36.5. The predicted octanol–water partition coefficient (Wildman–Crippen LogP) is 6.70. The summed E-state index contributed by atoms with van der Waals surface area (Å²) in [4.78, 5) is 62.2. The Morgan fingerprint density at radius 3 is 2.46 bits per heavy atom. The number of pyridine rings is 1. The number of non-ortho nitro benzene ring substituents is 1. The van der Waals surface area contributed by atoms with Gasteiger partial charge in [0.05, 0.1) is 28.3 Å². The molecule has 0 aliphatic heterocycles. The van der Waals surface area contributed by atoms with E-state index < -0.39 is 56.3 Å². The van der Waals surface area contributed by atoms with Crippen molar-refractivity contribution in [1.29, 1.82) is 0 Å². The fourth-order valence-corrected chi connectivity index (χ4v) is 6.92. The van der Waals surface area contributed by atoms with E-state index in [1.807, 2.05) is 19.1 Å². The number of benzene rings is 1. The van der Waals surface area contributed by atoms with Crippen molar-refractivity contribution in [2.24, 2.45) is 5.92 Å². The number of ether oxygens (including phenoxy) is 1. The number of Topliss-reactive ketones (excluding diaryl/α,β-unsaturated/α-hetero) is 1. The lowest BCUT2D eigenvalue weighted by molar-refractivity contribution is -0.394. The van der Waals surface area contributed by atoms with Gasteiger partial charge < -0.3 is 20.1 Å². The summed E-state index contributed by atoms with van der Waals surface area (Å²) in [6, 6.07) is 5.88. The molecule has 3 aromatic rings. The van der Waals surface area contributed by atoms with Gasteiger partial charge in [0.1, 0.15) is 11.2 Å². The first-order valence-electron chi connectivity index (χ1n) is 17.3. The third-order valence-electron chi connectivity index (χ3n) is 9.35. The lowest BCUT2D eigenvalue weighted by atomic mass is 9.68. The lowest BCUT2D eigenvalue weighted by Crippen LogP contribution is -2.56. The molecule has 0 spiro atoms. The molecule has 1 fully saturated rings. The topological polar surface area (TPSA) is 203 Å². The zero-order valence-electron chi connectivity index (χ0n) is 29.2. The maximum atomic E-state index is 15.0. The molecular formula is C36H48N6O8. The second-order valence-corrected chi connectivity index (χ2v) is 14.2. The van der Waals surface area contributed by atoms with Crippen LogP contribution < -0.4 is 5.32 Å². The highest BCUT2D eigenvalue weighted by atomic mass is 16.6. The predicted molar refractivity (Wildman–Crippen MR) is 186 cm³/mol. The van der Waals surface area contributed by atoms with E-state index in [4.69, 9.17) is 4.74 Å². The number of hydrogen-bond acceptors (Lipinski definition) is 10. The molecule has 3 N–H and O–H groups in total. The van der Waals surface area contributed by atoms with Gasteiger partial charge in [0, 0.05) is 47.8 Å². The number of hydrogen-bond donors (Lipinski definition) is 3. The quantitative estimate of drug-likeness (QED) is 0.107. The van der Waals surface area contributed by atoms with Crippen molar-refractivity contribution in [2.45, 2.75) is 121 Å². The molecule has 1 saturated carbocycles. The van der Waals surface area contributed by atoms with Gasteiger partial charge in [0.2, 0.25) is 0 Å². The molecule has 0 bridgehead atoms. The van der Waals surface area contributed by atoms with Crippen LogP contribution in [-0.2, 0) is 28.8 Å². The second-order valence-electron chi connectivity index (χ2n) is 14.2. The summed E-state index contributed by atoms with van der Waals surface area (Å²) >= 11 is 0. The van der Waals surface area contributed by atoms with Crippen LogP contribution in [0, 0.1) is 26.1 Å². The minimum atomic E-state index is -2.24. The first-order chi connectivity index (χ1) is 23.7. The molecule has 2 heterocycles. The smallest absolute Gasteiger partial charge is 0.408 e.